The lowest BCUT2D eigenvalue weighted by molar-refractivity contribution is -0.124. The van der Waals surface area contributed by atoms with Crippen molar-refractivity contribution < 1.29 is 4.79 Å². The number of nitrogens with two attached hydrogens (primary N) is 1. The topological polar surface area (TPSA) is 58.4 Å². The van der Waals surface area contributed by atoms with Crippen LogP contribution in [0.2, 0.25) is 0 Å². The van der Waals surface area contributed by atoms with E-state index in [-0.39, 0.29) is 11.9 Å². The first-order valence-corrected chi connectivity index (χ1v) is 6.43. The van der Waals surface area contributed by atoms with Crippen molar-refractivity contribution in [1.29, 1.82) is 0 Å². The van der Waals surface area contributed by atoms with Crippen molar-refractivity contribution in [1.82, 2.24) is 10.2 Å². The normalized spacial score (nSPS) is 24.2. The zero-order valence-electron chi connectivity index (χ0n) is 10.5. The van der Waals surface area contributed by atoms with E-state index in [2.05, 4.69) is 17.1 Å². The Morgan fingerprint density at radius 3 is 2.88 bits per heavy atom. The molecule has 94 valence electrons. The van der Waals surface area contributed by atoms with Gasteiger partial charge >= 0.3 is 0 Å². The zero-order chi connectivity index (χ0) is 12.0. The van der Waals surface area contributed by atoms with Gasteiger partial charge in [-0.1, -0.05) is 13.8 Å². The number of carbonyl (C=O) groups is 1. The second kappa shape index (κ2) is 6.86. The monoisotopic (exact) mass is 227 g/mol. The molecule has 4 heteroatoms. The highest BCUT2D eigenvalue weighted by Crippen LogP contribution is 2.19. The summed E-state index contributed by atoms with van der Waals surface area (Å²) < 4.78 is 0. The fraction of sp³-hybridized carbons (Fsp3) is 0.917. The fourth-order valence-corrected chi connectivity index (χ4v) is 2.53. The van der Waals surface area contributed by atoms with E-state index < -0.39 is 0 Å². The first-order chi connectivity index (χ1) is 7.69. The van der Waals surface area contributed by atoms with Crippen molar-refractivity contribution in [3.63, 3.8) is 0 Å². The van der Waals surface area contributed by atoms with Gasteiger partial charge in [0.1, 0.15) is 0 Å². The molecule has 0 saturated carbocycles. The van der Waals surface area contributed by atoms with Gasteiger partial charge in [-0.15, -0.1) is 0 Å². The number of piperidine rings is 1. The fourth-order valence-electron chi connectivity index (χ4n) is 2.53. The molecule has 1 aliphatic rings. The van der Waals surface area contributed by atoms with E-state index in [4.69, 9.17) is 5.73 Å². The highest BCUT2D eigenvalue weighted by atomic mass is 16.1. The van der Waals surface area contributed by atoms with Crippen LogP contribution in [-0.2, 0) is 4.79 Å². The van der Waals surface area contributed by atoms with E-state index in [0.29, 0.717) is 5.92 Å². The standard InChI is InChI=1S/C12H25N3O/c1-3-11(12(13)16)15-7-5-6-10(9-15)8-14-4-2/h10-11,14H,3-9H2,1-2H3,(H2,13,16). The molecule has 0 aromatic heterocycles. The Morgan fingerprint density at radius 2 is 2.31 bits per heavy atom. The molecule has 1 saturated heterocycles. The summed E-state index contributed by atoms with van der Waals surface area (Å²) in [7, 11) is 0. The summed E-state index contributed by atoms with van der Waals surface area (Å²) in [6.07, 6.45) is 3.27. The summed E-state index contributed by atoms with van der Waals surface area (Å²) in [4.78, 5) is 13.6. The van der Waals surface area contributed by atoms with Crippen molar-refractivity contribution in [2.75, 3.05) is 26.2 Å². The molecule has 0 aliphatic carbocycles. The van der Waals surface area contributed by atoms with Crippen molar-refractivity contribution in [3.8, 4) is 0 Å². The van der Waals surface area contributed by atoms with E-state index >= 15 is 0 Å². The van der Waals surface area contributed by atoms with E-state index in [1.165, 1.54) is 12.8 Å². The van der Waals surface area contributed by atoms with Gasteiger partial charge in [-0.25, -0.2) is 0 Å². The minimum Gasteiger partial charge on any atom is -0.368 e. The first-order valence-electron chi connectivity index (χ1n) is 6.43. The zero-order valence-corrected chi connectivity index (χ0v) is 10.5. The van der Waals surface area contributed by atoms with Crippen molar-refractivity contribution in [2.45, 2.75) is 39.2 Å². The van der Waals surface area contributed by atoms with Crippen LogP contribution in [0.4, 0.5) is 0 Å². The Kier molecular flexibility index (Phi) is 5.77. The lowest BCUT2D eigenvalue weighted by atomic mass is 9.96. The molecule has 4 nitrogen and oxygen atoms in total. The second-order valence-electron chi connectivity index (χ2n) is 4.64. The maximum absolute atomic E-state index is 11.3. The molecule has 1 rings (SSSR count). The largest absolute Gasteiger partial charge is 0.368 e. The molecule has 0 aromatic carbocycles. The Bertz CT molecular complexity index is 220. The minimum absolute atomic E-state index is 0.0653. The van der Waals surface area contributed by atoms with Crippen LogP contribution in [0.5, 0.6) is 0 Å². The molecule has 0 aromatic rings. The lowest BCUT2D eigenvalue weighted by Crippen LogP contribution is -2.50. The molecule has 0 bridgehead atoms. The molecule has 16 heavy (non-hydrogen) atoms. The van der Waals surface area contributed by atoms with Crippen LogP contribution in [-0.4, -0.2) is 43.0 Å². The van der Waals surface area contributed by atoms with Crippen molar-refractivity contribution in [2.24, 2.45) is 11.7 Å². The van der Waals surface area contributed by atoms with E-state index in [1.807, 2.05) is 6.92 Å². The molecular weight excluding hydrogens is 202 g/mol. The van der Waals surface area contributed by atoms with Gasteiger partial charge in [0.2, 0.25) is 5.91 Å². The molecule has 1 fully saturated rings. The summed E-state index contributed by atoms with van der Waals surface area (Å²) >= 11 is 0. The number of nitrogens with one attached hydrogen (secondary N) is 1. The highest BCUT2D eigenvalue weighted by molar-refractivity contribution is 5.79. The van der Waals surface area contributed by atoms with Crippen LogP contribution in [0.1, 0.15) is 33.1 Å². The van der Waals surface area contributed by atoms with Crippen molar-refractivity contribution >= 4 is 5.91 Å². The van der Waals surface area contributed by atoms with Crippen LogP contribution >= 0.6 is 0 Å². The predicted molar refractivity (Wildman–Crippen MR) is 66.1 cm³/mol. The maximum Gasteiger partial charge on any atom is 0.234 e. The second-order valence-corrected chi connectivity index (χ2v) is 4.64. The summed E-state index contributed by atoms with van der Waals surface area (Å²) in [6, 6.07) is -0.0653. The van der Waals surface area contributed by atoms with Gasteiger partial charge in [0.15, 0.2) is 0 Å². The molecule has 2 atom stereocenters. The van der Waals surface area contributed by atoms with Crippen LogP contribution in [0.25, 0.3) is 0 Å². The molecule has 2 unspecified atom stereocenters. The number of nitrogens with zero attached hydrogens (tertiary/aromatic N) is 1. The third-order valence-corrected chi connectivity index (χ3v) is 3.39. The molecule has 0 radical (unpaired) electrons. The van der Waals surface area contributed by atoms with Gasteiger partial charge in [-0.05, 0) is 44.8 Å². The number of primary amides is 1. The Hall–Kier alpha value is -0.610. The highest BCUT2D eigenvalue weighted by Gasteiger charge is 2.27. The van der Waals surface area contributed by atoms with E-state index in [9.17, 15) is 4.79 Å². The Labute approximate surface area is 98.6 Å². The molecular formula is C12H25N3O. The van der Waals surface area contributed by atoms with Gasteiger partial charge in [-0.3, -0.25) is 9.69 Å². The van der Waals surface area contributed by atoms with Gasteiger partial charge in [0.05, 0.1) is 6.04 Å². The number of hydrogen-bond donors (Lipinski definition) is 2. The van der Waals surface area contributed by atoms with Crippen molar-refractivity contribution in [3.05, 3.63) is 0 Å². The average molecular weight is 227 g/mol. The van der Waals surface area contributed by atoms with Crippen LogP contribution in [0.15, 0.2) is 0 Å². The summed E-state index contributed by atoms with van der Waals surface area (Å²) in [5.41, 5.74) is 5.43. The third kappa shape index (κ3) is 3.76. The number of likely N-dealkylation sites (tertiary alicyclic amines) is 1. The number of carbonyl (C=O) groups excluding carboxylic acids is 1. The summed E-state index contributed by atoms with van der Waals surface area (Å²) in [6.45, 7) is 8.26. The van der Waals surface area contributed by atoms with Crippen LogP contribution in [0, 0.1) is 5.92 Å². The van der Waals surface area contributed by atoms with E-state index in [0.717, 1.165) is 32.6 Å². The smallest absolute Gasteiger partial charge is 0.234 e. The van der Waals surface area contributed by atoms with E-state index in [1.54, 1.807) is 0 Å². The molecule has 1 amide bonds. The SMILES string of the molecule is CCNCC1CCCN(C(CC)C(N)=O)C1. The molecule has 1 heterocycles. The summed E-state index contributed by atoms with van der Waals surface area (Å²) in [5.74, 6) is 0.494. The van der Waals surface area contributed by atoms with Gasteiger partial charge in [-0.2, -0.15) is 0 Å². The number of rotatable bonds is 6. The first kappa shape index (κ1) is 13.5. The minimum atomic E-state index is -0.174. The Balaban J connectivity index is 2.45. The molecule has 1 aliphatic heterocycles. The lowest BCUT2D eigenvalue weighted by Gasteiger charge is -2.36. The number of amides is 1. The average Bonchev–Trinajstić information content (AvgIpc) is 2.27. The van der Waals surface area contributed by atoms with Gasteiger partial charge in [0, 0.05) is 6.54 Å². The quantitative estimate of drug-likeness (QED) is 0.697. The van der Waals surface area contributed by atoms with Gasteiger partial charge < -0.3 is 11.1 Å². The molecule has 3 N–H and O–H groups in total. The van der Waals surface area contributed by atoms with Crippen LogP contribution < -0.4 is 11.1 Å². The third-order valence-electron chi connectivity index (χ3n) is 3.39. The molecule has 0 spiro atoms. The predicted octanol–water partition coefficient (Wildman–Crippen LogP) is 0.572. The number of hydrogen-bond acceptors (Lipinski definition) is 3. The Morgan fingerprint density at radius 1 is 1.56 bits per heavy atom. The van der Waals surface area contributed by atoms with Crippen LogP contribution in [0.3, 0.4) is 0 Å². The maximum atomic E-state index is 11.3. The summed E-state index contributed by atoms with van der Waals surface area (Å²) in [5, 5.41) is 3.38. The van der Waals surface area contributed by atoms with Gasteiger partial charge in [0.25, 0.3) is 0 Å².